The van der Waals surface area contributed by atoms with Gasteiger partial charge >= 0.3 is 6.03 Å². The van der Waals surface area contributed by atoms with Crippen LogP contribution in [0.25, 0.3) is 6.08 Å². The van der Waals surface area contributed by atoms with E-state index < -0.39 is 17.8 Å². The number of urea groups is 1. The predicted octanol–water partition coefficient (Wildman–Crippen LogP) is 3.54. The van der Waals surface area contributed by atoms with Crippen LogP contribution in [0, 0.1) is 13.8 Å². The normalized spacial score (nSPS) is 15.2. The SMILES string of the molecule is C=CCOc1ccc(/C=C2\C(=O)NC(=O)N(c3cc(C)cc(C)c3)C2=O)cc1OC. The minimum Gasteiger partial charge on any atom is -0.493 e. The van der Waals surface area contributed by atoms with Crippen molar-refractivity contribution < 1.29 is 23.9 Å². The van der Waals surface area contributed by atoms with Crippen molar-refractivity contribution in [3.05, 3.63) is 71.3 Å². The highest BCUT2D eigenvalue weighted by molar-refractivity contribution is 6.39. The number of ether oxygens (including phenoxy) is 2. The van der Waals surface area contributed by atoms with Crippen molar-refractivity contribution in [1.29, 1.82) is 0 Å². The Labute approximate surface area is 174 Å². The van der Waals surface area contributed by atoms with Crippen molar-refractivity contribution in [1.82, 2.24) is 5.32 Å². The lowest BCUT2D eigenvalue weighted by Gasteiger charge is -2.27. The highest BCUT2D eigenvalue weighted by Gasteiger charge is 2.37. The second-order valence-electron chi connectivity index (χ2n) is 6.81. The number of hydrogen-bond donors (Lipinski definition) is 1. The van der Waals surface area contributed by atoms with E-state index in [1.54, 1.807) is 36.4 Å². The molecule has 1 aliphatic heterocycles. The van der Waals surface area contributed by atoms with Crippen molar-refractivity contribution in [2.45, 2.75) is 13.8 Å². The molecular weight excluding hydrogens is 384 g/mol. The number of methoxy groups -OCH3 is 1. The van der Waals surface area contributed by atoms with E-state index >= 15 is 0 Å². The Kier molecular flexibility index (Phi) is 6.01. The summed E-state index contributed by atoms with van der Waals surface area (Å²) in [5.74, 6) is -0.501. The maximum atomic E-state index is 13.0. The molecule has 1 saturated heterocycles. The van der Waals surface area contributed by atoms with E-state index in [2.05, 4.69) is 11.9 Å². The summed E-state index contributed by atoms with van der Waals surface area (Å²) in [6.45, 7) is 7.65. The molecule has 0 atom stereocenters. The molecule has 1 N–H and O–H groups in total. The third-order valence-corrected chi connectivity index (χ3v) is 4.42. The number of aryl methyl sites for hydroxylation is 2. The van der Waals surface area contributed by atoms with E-state index in [4.69, 9.17) is 9.47 Å². The number of barbiturate groups is 1. The van der Waals surface area contributed by atoms with Gasteiger partial charge in [0.25, 0.3) is 11.8 Å². The Hall–Kier alpha value is -3.87. The molecule has 1 aliphatic rings. The zero-order valence-corrected chi connectivity index (χ0v) is 17.0. The van der Waals surface area contributed by atoms with Gasteiger partial charge in [0, 0.05) is 0 Å². The van der Waals surface area contributed by atoms with Gasteiger partial charge in [-0.1, -0.05) is 24.8 Å². The minimum absolute atomic E-state index is 0.157. The summed E-state index contributed by atoms with van der Waals surface area (Å²) >= 11 is 0. The van der Waals surface area contributed by atoms with E-state index in [9.17, 15) is 14.4 Å². The molecule has 1 fully saturated rings. The number of rotatable bonds is 6. The maximum absolute atomic E-state index is 13.0. The molecule has 7 nitrogen and oxygen atoms in total. The molecule has 0 aliphatic carbocycles. The summed E-state index contributed by atoms with van der Waals surface area (Å²) in [6, 6.07) is 9.58. The monoisotopic (exact) mass is 406 g/mol. The van der Waals surface area contributed by atoms with Crippen LogP contribution >= 0.6 is 0 Å². The Balaban J connectivity index is 1.99. The van der Waals surface area contributed by atoms with Gasteiger partial charge in [-0.2, -0.15) is 0 Å². The maximum Gasteiger partial charge on any atom is 0.335 e. The average Bonchev–Trinajstić information content (AvgIpc) is 2.69. The van der Waals surface area contributed by atoms with Crippen molar-refractivity contribution in [3.8, 4) is 11.5 Å². The van der Waals surface area contributed by atoms with Gasteiger partial charge in [0.1, 0.15) is 12.2 Å². The molecule has 2 aromatic carbocycles. The second kappa shape index (κ2) is 8.65. The number of nitrogens with zero attached hydrogens (tertiary/aromatic N) is 1. The molecule has 0 spiro atoms. The number of anilines is 1. The van der Waals surface area contributed by atoms with E-state index in [1.807, 2.05) is 19.9 Å². The first-order valence-corrected chi connectivity index (χ1v) is 9.25. The van der Waals surface area contributed by atoms with Gasteiger partial charge in [0.15, 0.2) is 11.5 Å². The summed E-state index contributed by atoms with van der Waals surface area (Å²) in [4.78, 5) is 38.8. The van der Waals surface area contributed by atoms with E-state index in [0.717, 1.165) is 16.0 Å². The summed E-state index contributed by atoms with van der Waals surface area (Å²) < 4.78 is 10.8. The highest BCUT2D eigenvalue weighted by atomic mass is 16.5. The smallest absolute Gasteiger partial charge is 0.335 e. The molecule has 0 unspecified atom stereocenters. The van der Waals surface area contributed by atoms with Crippen molar-refractivity contribution in [3.63, 3.8) is 0 Å². The quantitative estimate of drug-likeness (QED) is 0.451. The summed E-state index contributed by atoms with van der Waals surface area (Å²) in [5.41, 5.74) is 2.58. The molecule has 154 valence electrons. The lowest BCUT2D eigenvalue weighted by atomic mass is 10.0. The van der Waals surface area contributed by atoms with Crippen molar-refractivity contribution in [2.24, 2.45) is 0 Å². The second-order valence-corrected chi connectivity index (χ2v) is 6.81. The summed E-state index contributed by atoms with van der Waals surface area (Å²) in [5, 5.41) is 2.23. The Morgan fingerprint density at radius 2 is 1.73 bits per heavy atom. The number of hydrogen-bond acceptors (Lipinski definition) is 5. The fraction of sp³-hybridized carbons (Fsp3) is 0.174. The first-order valence-electron chi connectivity index (χ1n) is 9.25. The third kappa shape index (κ3) is 4.25. The standard InChI is InChI=1S/C23H22N2O5/c1-5-8-30-19-7-6-16(13-20(19)29-4)12-18-21(26)24-23(28)25(22(18)27)17-10-14(2)9-15(3)11-17/h5-7,9-13H,1,8H2,2-4H3,(H,24,26,28)/b18-12+. The number of imide groups is 2. The van der Waals surface area contributed by atoms with Gasteiger partial charge < -0.3 is 9.47 Å². The molecule has 0 bridgehead atoms. The minimum atomic E-state index is -0.780. The fourth-order valence-electron chi connectivity index (χ4n) is 3.18. The Morgan fingerprint density at radius 1 is 1.03 bits per heavy atom. The van der Waals surface area contributed by atoms with E-state index in [0.29, 0.717) is 29.4 Å². The summed E-state index contributed by atoms with van der Waals surface area (Å²) in [6.07, 6.45) is 3.03. The Bertz CT molecular complexity index is 1050. The van der Waals surface area contributed by atoms with Crippen LogP contribution in [0.15, 0.2) is 54.6 Å². The number of amides is 4. The number of carbonyl (C=O) groups excluding carboxylic acids is 3. The van der Waals surface area contributed by atoms with Crippen LogP contribution in [0.4, 0.5) is 10.5 Å². The van der Waals surface area contributed by atoms with Crippen molar-refractivity contribution in [2.75, 3.05) is 18.6 Å². The number of carbonyl (C=O) groups is 3. The van der Waals surface area contributed by atoms with Gasteiger partial charge in [-0.25, -0.2) is 9.69 Å². The molecule has 0 saturated carbocycles. The van der Waals surface area contributed by atoms with Gasteiger partial charge in [0.05, 0.1) is 12.8 Å². The molecular formula is C23H22N2O5. The summed E-state index contributed by atoms with van der Waals surface area (Å²) in [7, 11) is 1.49. The average molecular weight is 406 g/mol. The zero-order valence-electron chi connectivity index (χ0n) is 17.0. The first kappa shape index (κ1) is 20.9. The third-order valence-electron chi connectivity index (χ3n) is 4.42. The van der Waals surface area contributed by atoms with E-state index in [1.165, 1.54) is 13.2 Å². The molecule has 3 rings (SSSR count). The van der Waals surface area contributed by atoms with Crippen LogP contribution in [0.3, 0.4) is 0 Å². The molecule has 30 heavy (non-hydrogen) atoms. The van der Waals surface area contributed by atoms with Crippen LogP contribution in [0.1, 0.15) is 16.7 Å². The number of nitrogens with one attached hydrogen (secondary N) is 1. The van der Waals surface area contributed by atoms with Crippen LogP contribution in [0.2, 0.25) is 0 Å². The van der Waals surface area contributed by atoms with Gasteiger partial charge in [-0.05, 0) is 60.9 Å². The molecule has 0 radical (unpaired) electrons. The molecule has 4 amide bonds. The van der Waals surface area contributed by atoms with Gasteiger partial charge in [-0.15, -0.1) is 0 Å². The van der Waals surface area contributed by atoms with Crippen molar-refractivity contribution >= 4 is 29.6 Å². The predicted molar refractivity (Wildman–Crippen MR) is 114 cm³/mol. The van der Waals surface area contributed by atoms with Gasteiger partial charge in [0.2, 0.25) is 0 Å². The largest absolute Gasteiger partial charge is 0.493 e. The molecule has 2 aromatic rings. The van der Waals surface area contributed by atoms with Crippen LogP contribution in [-0.2, 0) is 9.59 Å². The highest BCUT2D eigenvalue weighted by Crippen LogP contribution is 2.30. The van der Waals surface area contributed by atoms with Crippen LogP contribution in [0.5, 0.6) is 11.5 Å². The Morgan fingerprint density at radius 3 is 2.37 bits per heavy atom. The molecule has 1 heterocycles. The molecule has 7 heteroatoms. The zero-order chi connectivity index (χ0) is 21.8. The lowest BCUT2D eigenvalue weighted by Crippen LogP contribution is -2.54. The molecule has 0 aromatic heterocycles. The lowest BCUT2D eigenvalue weighted by molar-refractivity contribution is -0.122. The first-order chi connectivity index (χ1) is 14.3. The van der Waals surface area contributed by atoms with Crippen LogP contribution in [-0.4, -0.2) is 31.6 Å². The topological polar surface area (TPSA) is 84.9 Å². The van der Waals surface area contributed by atoms with E-state index in [-0.39, 0.29) is 5.57 Å². The van der Waals surface area contributed by atoms with Crippen LogP contribution < -0.4 is 19.7 Å². The number of benzene rings is 2. The fourth-order valence-corrected chi connectivity index (χ4v) is 3.18. The van der Waals surface area contributed by atoms with Gasteiger partial charge in [-0.3, -0.25) is 14.9 Å².